The average molecular weight is 496 g/mol. The van der Waals surface area contributed by atoms with Crippen LogP contribution in [0.25, 0.3) is 0 Å². The number of rotatable bonds is 7. The molecule has 3 rings (SSSR count). The molecule has 2 aliphatic rings. The van der Waals surface area contributed by atoms with Gasteiger partial charge >= 0.3 is 12.0 Å². The molecule has 2 heterocycles. The van der Waals surface area contributed by atoms with E-state index in [4.69, 9.17) is 16.3 Å². The number of urea groups is 1. The maximum absolute atomic E-state index is 13.3. The van der Waals surface area contributed by atoms with Crippen LogP contribution in [0.1, 0.15) is 25.3 Å². The molecule has 178 valence electrons. The van der Waals surface area contributed by atoms with Gasteiger partial charge in [0.1, 0.15) is 12.3 Å². The third kappa shape index (κ3) is 6.00. The number of benzene rings is 1. The maximum Gasteiger partial charge on any atom is 0.341 e. The fourth-order valence-corrected chi connectivity index (χ4v) is 5.32. The number of nitrogens with zero attached hydrogens (tertiary/aromatic N) is 1. The Kier molecular flexibility index (Phi) is 8.25. The van der Waals surface area contributed by atoms with Gasteiger partial charge in [-0.1, -0.05) is 24.6 Å². The molecule has 1 unspecified atom stereocenters. The SMILES string of the molecule is CC[C@@H](NC(=O)N1CC(=O)NC[C@@H](Cc2cc(Cl)ccc2OC)C1=O)C1CC=C(C(=O)O)S1. The van der Waals surface area contributed by atoms with Gasteiger partial charge in [-0.15, -0.1) is 11.8 Å². The Hall–Kier alpha value is -2.72. The number of ether oxygens (including phenoxy) is 1. The summed E-state index contributed by atoms with van der Waals surface area (Å²) in [6, 6.07) is 4.04. The van der Waals surface area contributed by atoms with Crippen LogP contribution < -0.4 is 15.4 Å². The summed E-state index contributed by atoms with van der Waals surface area (Å²) in [4.78, 5) is 50.9. The Morgan fingerprint density at radius 2 is 2.15 bits per heavy atom. The number of amides is 4. The van der Waals surface area contributed by atoms with Crippen molar-refractivity contribution < 1.29 is 29.0 Å². The summed E-state index contributed by atoms with van der Waals surface area (Å²) >= 11 is 7.29. The lowest BCUT2D eigenvalue weighted by molar-refractivity contribution is -0.133. The number of halogens is 1. The first-order chi connectivity index (χ1) is 15.7. The normalized spacial score (nSPS) is 21.7. The van der Waals surface area contributed by atoms with Crippen LogP contribution in [-0.4, -0.2) is 65.3 Å². The zero-order valence-electron chi connectivity index (χ0n) is 18.3. The van der Waals surface area contributed by atoms with Crippen molar-refractivity contribution in [3.8, 4) is 5.75 Å². The van der Waals surface area contributed by atoms with E-state index < -0.39 is 29.7 Å². The number of hydrogen-bond donors (Lipinski definition) is 3. The van der Waals surface area contributed by atoms with Crippen molar-refractivity contribution in [1.29, 1.82) is 0 Å². The van der Waals surface area contributed by atoms with Gasteiger partial charge in [0.25, 0.3) is 0 Å². The van der Waals surface area contributed by atoms with Gasteiger partial charge in [-0.05, 0) is 43.0 Å². The fourth-order valence-electron chi connectivity index (χ4n) is 3.89. The van der Waals surface area contributed by atoms with E-state index in [-0.39, 0.29) is 35.7 Å². The zero-order valence-corrected chi connectivity index (χ0v) is 19.9. The van der Waals surface area contributed by atoms with E-state index in [1.165, 1.54) is 18.9 Å². The largest absolute Gasteiger partial charge is 0.496 e. The van der Waals surface area contributed by atoms with Gasteiger partial charge < -0.3 is 20.5 Å². The summed E-state index contributed by atoms with van der Waals surface area (Å²) in [5.74, 6) is -2.04. The summed E-state index contributed by atoms with van der Waals surface area (Å²) in [7, 11) is 1.51. The van der Waals surface area contributed by atoms with Crippen LogP contribution in [0.5, 0.6) is 5.75 Å². The first-order valence-electron chi connectivity index (χ1n) is 10.5. The number of carbonyl (C=O) groups is 4. The van der Waals surface area contributed by atoms with E-state index in [2.05, 4.69) is 10.6 Å². The van der Waals surface area contributed by atoms with Crippen LogP contribution in [0, 0.1) is 5.92 Å². The summed E-state index contributed by atoms with van der Waals surface area (Å²) < 4.78 is 5.35. The minimum atomic E-state index is -0.998. The summed E-state index contributed by atoms with van der Waals surface area (Å²) in [5.41, 5.74) is 0.695. The highest BCUT2D eigenvalue weighted by atomic mass is 35.5. The standard InChI is InChI=1S/C22H26ClN3O6S/c1-3-15(17-6-7-18(33-17)21(29)30)25-22(31)26-11-19(27)24-10-13(20(26)28)8-12-9-14(23)4-5-16(12)32-2/h4-5,7,9,13,15,17H,3,6,8,10-11H2,1-2H3,(H,24,27)(H,25,31)(H,29,30)/t13-,15-,17?/m1/s1. The zero-order chi connectivity index (χ0) is 24.1. The lowest BCUT2D eigenvalue weighted by Crippen LogP contribution is -2.52. The third-order valence-corrected chi connectivity index (χ3v) is 7.29. The molecule has 0 aliphatic carbocycles. The molecular formula is C22H26ClN3O6S. The molecule has 2 aliphatic heterocycles. The number of carboxylic acids is 1. The van der Waals surface area contributed by atoms with Crippen molar-refractivity contribution in [2.45, 2.75) is 37.5 Å². The third-order valence-electron chi connectivity index (χ3n) is 5.64. The number of nitrogens with one attached hydrogen (secondary N) is 2. The Bertz CT molecular complexity index is 985. The highest BCUT2D eigenvalue weighted by molar-refractivity contribution is 8.04. The lowest BCUT2D eigenvalue weighted by atomic mass is 9.97. The Labute approximate surface area is 200 Å². The van der Waals surface area contributed by atoms with E-state index >= 15 is 0 Å². The predicted molar refractivity (Wildman–Crippen MR) is 124 cm³/mol. The summed E-state index contributed by atoms with van der Waals surface area (Å²) in [6.07, 6.45) is 2.90. The van der Waals surface area contributed by atoms with Gasteiger partial charge in [0.05, 0.1) is 17.9 Å². The molecule has 0 bridgehead atoms. The molecular weight excluding hydrogens is 470 g/mol. The van der Waals surface area contributed by atoms with Crippen molar-refractivity contribution in [3.05, 3.63) is 39.8 Å². The monoisotopic (exact) mass is 495 g/mol. The molecule has 1 aromatic carbocycles. The molecule has 1 aromatic rings. The number of carbonyl (C=O) groups excluding carboxylic acids is 3. The summed E-state index contributed by atoms with van der Waals surface area (Å²) in [5, 5.41) is 15.0. The van der Waals surface area contributed by atoms with Gasteiger partial charge in [-0.2, -0.15) is 0 Å². The summed E-state index contributed by atoms with van der Waals surface area (Å²) in [6.45, 7) is 1.56. The van der Waals surface area contributed by atoms with Gasteiger partial charge in [0.2, 0.25) is 11.8 Å². The Morgan fingerprint density at radius 1 is 1.39 bits per heavy atom. The number of thioether (sulfide) groups is 1. The molecule has 9 nitrogen and oxygen atoms in total. The highest BCUT2D eigenvalue weighted by Gasteiger charge is 2.36. The van der Waals surface area contributed by atoms with Crippen molar-refractivity contribution in [2.75, 3.05) is 20.2 Å². The first-order valence-corrected chi connectivity index (χ1v) is 11.8. The van der Waals surface area contributed by atoms with Gasteiger partial charge in [0.15, 0.2) is 0 Å². The van der Waals surface area contributed by atoms with Crippen molar-refractivity contribution in [2.24, 2.45) is 5.92 Å². The molecule has 0 spiro atoms. The number of imide groups is 1. The fraction of sp³-hybridized carbons (Fsp3) is 0.455. The average Bonchev–Trinajstić information content (AvgIpc) is 3.23. The molecule has 1 saturated heterocycles. The predicted octanol–water partition coefficient (Wildman–Crippen LogP) is 2.43. The number of methoxy groups -OCH3 is 1. The van der Waals surface area contributed by atoms with E-state index in [9.17, 15) is 24.3 Å². The molecule has 4 amide bonds. The highest BCUT2D eigenvalue weighted by Crippen LogP contribution is 2.35. The Balaban J connectivity index is 1.73. The number of hydrogen-bond acceptors (Lipinski definition) is 6. The first kappa shape index (κ1) is 24.9. The molecule has 3 N–H and O–H groups in total. The second kappa shape index (κ2) is 10.9. The molecule has 0 saturated carbocycles. The minimum Gasteiger partial charge on any atom is -0.496 e. The number of allylic oxidation sites excluding steroid dienone is 1. The van der Waals surface area contributed by atoms with Crippen LogP contribution in [0.3, 0.4) is 0 Å². The van der Waals surface area contributed by atoms with Crippen LogP contribution in [0.15, 0.2) is 29.2 Å². The van der Waals surface area contributed by atoms with Gasteiger partial charge in [-0.25, -0.2) is 9.59 Å². The second-order valence-electron chi connectivity index (χ2n) is 7.82. The quantitative estimate of drug-likeness (QED) is 0.530. The van der Waals surface area contributed by atoms with Crippen LogP contribution in [0.4, 0.5) is 4.79 Å². The van der Waals surface area contributed by atoms with Gasteiger partial charge in [-0.3, -0.25) is 14.5 Å². The van der Waals surface area contributed by atoms with Crippen LogP contribution in [-0.2, 0) is 20.8 Å². The molecule has 0 aromatic heterocycles. The van der Waals surface area contributed by atoms with E-state index in [1.807, 2.05) is 6.92 Å². The van der Waals surface area contributed by atoms with Crippen molar-refractivity contribution in [1.82, 2.24) is 15.5 Å². The minimum absolute atomic E-state index is 0.0820. The Morgan fingerprint density at radius 3 is 2.79 bits per heavy atom. The molecule has 11 heteroatoms. The number of aliphatic carboxylic acids is 1. The van der Waals surface area contributed by atoms with E-state index in [0.29, 0.717) is 29.2 Å². The molecule has 0 radical (unpaired) electrons. The topological polar surface area (TPSA) is 125 Å². The van der Waals surface area contributed by atoms with Gasteiger partial charge in [0, 0.05) is 22.9 Å². The van der Waals surface area contributed by atoms with E-state index in [1.54, 1.807) is 24.3 Å². The maximum atomic E-state index is 13.3. The van der Waals surface area contributed by atoms with E-state index in [0.717, 1.165) is 4.90 Å². The molecule has 33 heavy (non-hydrogen) atoms. The smallest absolute Gasteiger partial charge is 0.341 e. The van der Waals surface area contributed by atoms with Crippen molar-refractivity contribution in [3.63, 3.8) is 0 Å². The molecule has 1 fully saturated rings. The number of carboxylic acid groups (broad SMARTS) is 1. The molecule has 3 atom stereocenters. The van der Waals surface area contributed by atoms with Crippen molar-refractivity contribution >= 4 is 47.2 Å². The van der Waals surface area contributed by atoms with Crippen LogP contribution >= 0.6 is 23.4 Å². The lowest BCUT2D eigenvalue weighted by Gasteiger charge is -2.28. The van der Waals surface area contributed by atoms with Crippen LogP contribution in [0.2, 0.25) is 5.02 Å². The second-order valence-corrected chi connectivity index (χ2v) is 9.53.